The number of rotatable bonds is 6. The third kappa shape index (κ3) is 4.08. The number of thiophene rings is 1. The Kier molecular flexibility index (Phi) is 5.16. The van der Waals surface area contributed by atoms with Gasteiger partial charge in [0.1, 0.15) is 0 Å². The zero-order valence-electron chi connectivity index (χ0n) is 10.9. The highest BCUT2D eigenvalue weighted by Crippen LogP contribution is 2.28. The molecule has 0 aliphatic carbocycles. The Bertz CT molecular complexity index is 451. The fraction of sp³-hybridized carbons (Fsp3) is 0.667. The molecule has 3 nitrogen and oxygen atoms in total. The average Bonchev–Trinajstić information content (AvgIpc) is 2.64. The van der Waals surface area contributed by atoms with Gasteiger partial charge < -0.3 is 5.32 Å². The molecule has 17 heavy (non-hydrogen) atoms. The summed E-state index contributed by atoms with van der Waals surface area (Å²) >= 11 is 1.66. The largest absolute Gasteiger partial charge is 0.308 e. The maximum Gasteiger partial charge on any atom is 0.151 e. The predicted octanol–water partition coefficient (Wildman–Crippen LogP) is 2.53. The van der Waals surface area contributed by atoms with Gasteiger partial charge in [-0.2, -0.15) is 0 Å². The van der Waals surface area contributed by atoms with Gasteiger partial charge in [-0.25, -0.2) is 8.42 Å². The summed E-state index contributed by atoms with van der Waals surface area (Å²) in [7, 11) is -3.03. The van der Waals surface area contributed by atoms with E-state index in [-0.39, 0.29) is 6.04 Å². The SMILES string of the molecule is CCCNC(c1ccc(C)s1)C(C)S(C)(=O)=O. The molecule has 1 rings (SSSR count). The van der Waals surface area contributed by atoms with Crippen molar-refractivity contribution in [3.05, 3.63) is 21.9 Å². The molecule has 0 amide bonds. The summed E-state index contributed by atoms with van der Waals surface area (Å²) in [5.74, 6) is 0. The Hall–Kier alpha value is -0.390. The van der Waals surface area contributed by atoms with E-state index < -0.39 is 15.1 Å². The zero-order chi connectivity index (χ0) is 13.1. The summed E-state index contributed by atoms with van der Waals surface area (Å²) < 4.78 is 23.4. The highest BCUT2D eigenvalue weighted by atomic mass is 32.2. The van der Waals surface area contributed by atoms with Crippen molar-refractivity contribution in [2.75, 3.05) is 12.8 Å². The number of nitrogens with one attached hydrogen (secondary N) is 1. The Labute approximate surface area is 108 Å². The predicted molar refractivity (Wildman–Crippen MR) is 74.4 cm³/mol. The van der Waals surface area contributed by atoms with Crippen LogP contribution >= 0.6 is 11.3 Å². The van der Waals surface area contributed by atoms with Gasteiger partial charge in [0.2, 0.25) is 0 Å². The van der Waals surface area contributed by atoms with Crippen LogP contribution in [0.15, 0.2) is 12.1 Å². The first-order valence-corrected chi connectivity index (χ1v) is 8.62. The maximum absolute atomic E-state index is 11.7. The molecule has 0 fully saturated rings. The van der Waals surface area contributed by atoms with Crippen LogP contribution in [0.2, 0.25) is 0 Å². The van der Waals surface area contributed by atoms with Gasteiger partial charge >= 0.3 is 0 Å². The van der Waals surface area contributed by atoms with E-state index in [0.717, 1.165) is 17.8 Å². The van der Waals surface area contributed by atoms with Crippen LogP contribution in [-0.2, 0) is 9.84 Å². The molecule has 1 aromatic rings. The molecule has 2 unspecified atom stereocenters. The standard InChI is InChI=1S/C12H21NO2S2/c1-5-8-13-12(10(3)17(4,14)15)11-7-6-9(2)16-11/h6-7,10,12-13H,5,8H2,1-4H3. The number of hydrogen-bond acceptors (Lipinski definition) is 4. The minimum atomic E-state index is -3.03. The van der Waals surface area contributed by atoms with Gasteiger partial charge in [-0.3, -0.25) is 0 Å². The normalized spacial score (nSPS) is 15.8. The van der Waals surface area contributed by atoms with Crippen molar-refractivity contribution in [1.29, 1.82) is 0 Å². The van der Waals surface area contributed by atoms with Crippen LogP contribution in [0.1, 0.15) is 36.1 Å². The minimum absolute atomic E-state index is 0.0938. The molecular weight excluding hydrogens is 254 g/mol. The molecule has 1 heterocycles. The lowest BCUT2D eigenvalue weighted by Gasteiger charge is -2.22. The van der Waals surface area contributed by atoms with Gasteiger partial charge in [0.25, 0.3) is 0 Å². The highest BCUT2D eigenvalue weighted by molar-refractivity contribution is 7.91. The molecule has 0 aliphatic rings. The molecular formula is C12H21NO2S2. The van der Waals surface area contributed by atoms with E-state index in [2.05, 4.69) is 12.2 Å². The quantitative estimate of drug-likeness (QED) is 0.868. The first-order valence-electron chi connectivity index (χ1n) is 5.84. The molecule has 1 aromatic heterocycles. The van der Waals surface area contributed by atoms with E-state index in [1.807, 2.05) is 19.1 Å². The smallest absolute Gasteiger partial charge is 0.151 e. The van der Waals surface area contributed by atoms with E-state index in [9.17, 15) is 8.42 Å². The summed E-state index contributed by atoms with van der Waals surface area (Å²) in [5.41, 5.74) is 0. The molecule has 0 aliphatic heterocycles. The Morgan fingerprint density at radius 1 is 1.41 bits per heavy atom. The molecule has 1 N–H and O–H groups in total. The van der Waals surface area contributed by atoms with Crippen molar-refractivity contribution in [3.8, 4) is 0 Å². The molecule has 98 valence electrons. The third-order valence-corrected chi connectivity index (χ3v) is 5.53. The monoisotopic (exact) mass is 275 g/mol. The topological polar surface area (TPSA) is 46.2 Å². The molecule has 0 bridgehead atoms. The Balaban J connectivity index is 2.95. The van der Waals surface area contributed by atoms with Gasteiger partial charge in [0.05, 0.1) is 11.3 Å². The summed E-state index contributed by atoms with van der Waals surface area (Å²) in [6.07, 6.45) is 2.30. The lowest BCUT2D eigenvalue weighted by molar-refractivity contribution is 0.506. The molecule has 2 atom stereocenters. The second-order valence-corrected chi connectivity index (χ2v) is 8.14. The van der Waals surface area contributed by atoms with Crippen LogP contribution in [0.4, 0.5) is 0 Å². The Morgan fingerprint density at radius 2 is 2.06 bits per heavy atom. The third-order valence-electron chi connectivity index (χ3n) is 2.83. The van der Waals surface area contributed by atoms with Crippen LogP contribution in [0.5, 0.6) is 0 Å². The number of hydrogen-bond donors (Lipinski definition) is 1. The molecule has 0 aromatic carbocycles. The van der Waals surface area contributed by atoms with Gasteiger partial charge in [0, 0.05) is 16.0 Å². The molecule has 5 heteroatoms. The second kappa shape index (κ2) is 5.98. The summed E-state index contributed by atoms with van der Waals surface area (Å²) in [4.78, 5) is 2.32. The van der Waals surface area contributed by atoms with Gasteiger partial charge in [0.15, 0.2) is 9.84 Å². The van der Waals surface area contributed by atoms with E-state index in [4.69, 9.17) is 0 Å². The molecule has 0 radical (unpaired) electrons. The van der Waals surface area contributed by atoms with Gasteiger partial charge in [-0.1, -0.05) is 6.92 Å². The number of aryl methyl sites for hydroxylation is 1. The number of sulfone groups is 1. The van der Waals surface area contributed by atoms with E-state index >= 15 is 0 Å². The summed E-state index contributed by atoms with van der Waals surface area (Å²) in [5, 5.41) is 2.94. The molecule has 0 saturated carbocycles. The van der Waals surface area contributed by atoms with E-state index in [0.29, 0.717) is 0 Å². The van der Waals surface area contributed by atoms with Crippen molar-refractivity contribution in [2.24, 2.45) is 0 Å². The lowest BCUT2D eigenvalue weighted by atomic mass is 10.2. The lowest BCUT2D eigenvalue weighted by Crippen LogP contribution is -2.34. The van der Waals surface area contributed by atoms with Crippen molar-refractivity contribution in [1.82, 2.24) is 5.32 Å². The summed E-state index contributed by atoms with van der Waals surface area (Å²) in [6, 6.07) is 3.97. The zero-order valence-corrected chi connectivity index (χ0v) is 12.5. The average molecular weight is 275 g/mol. The summed E-state index contributed by atoms with van der Waals surface area (Å²) in [6.45, 7) is 6.73. The van der Waals surface area contributed by atoms with E-state index in [1.54, 1.807) is 18.3 Å². The van der Waals surface area contributed by atoms with Crippen LogP contribution in [0, 0.1) is 6.92 Å². The highest BCUT2D eigenvalue weighted by Gasteiger charge is 2.27. The second-order valence-electron chi connectivity index (χ2n) is 4.41. The van der Waals surface area contributed by atoms with E-state index in [1.165, 1.54) is 11.1 Å². The fourth-order valence-electron chi connectivity index (χ4n) is 1.67. The first kappa shape index (κ1) is 14.7. The first-order chi connectivity index (χ1) is 7.86. The van der Waals surface area contributed by atoms with Gasteiger partial charge in [-0.15, -0.1) is 11.3 Å². The van der Waals surface area contributed by atoms with Gasteiger partial charge in [-0.05, 0) is 38.9 Å². The Morgan fingerprint density at radius 3 is 2.47 bits per heavy atom. The van der Waals surface area contributed by atoms with Crippen molar-refractivity contribution in [2.45, 2.75) is 38.5 Å². The van der Waals surface area contributed by atoms with Crippen molar-refractivity contribution in [3.63, 3.8) is 0 Å². The van der Waals surface area contributed by atoms with Crippen LogP contribution in [-0.4, -0.2) is 26.5 Å². The van der Waals surface area contributed by atoms with Crippen molar-refractivity contribution < 1.29 is 8.42 Å². The molecule has 0 spiro atoms. The van der Waals surface area contributed by atoms with Crippen LogP contribution in [0.3, 0.4) is 0 Å². The molecule has 0 saturated heterocycles. The maximum atomic E-state index is 11.7. The minimum Gasteiger partial charge on any atom is -0.308 e. The fourth-order valence-corrected chi connectivity index (χ4v) is 3.55. The van der Waals surface area contributed by atoms with Crippen LogP contribution < -0.4 is 5.32 Å². The van der Waals surface area contributed by atoms with Crippen molar-refractivity contribution >= 4 is 21.2 Å². The van der Waals surface area contributed by atoms with Crippen LogP contribution in [0.25, 0.3) is 0 Å².